The van der Waals surface area contributed by atoms with Gasteiger partial charge >= 0.3 is 5.97 Å². The molecule has 0 bridgehead atoms. The molecule has 0 saturated heterocycles. The SMILES string of the molecule is CC(C(=O)N(CC(=O)O)C1CCCC1)n1cncn1. The van der Waals surface area contributed by atoms with Crippen LogP contribution in [0.1, 0.15) is 38.6 Å². The van der Waals surface area contributed by atoms with Gasteiger partial charge in [-0.3, -0.25) is 9.59 Å². The molecule has 0 aromatic carbocycles. The Morgan fingerprint density at radius 3 is 2.68 bits per heavy atom. The number of nitrogens with zero attached hydrogens (tertiary/aromatic N) is 4. The summed E-state index contributed by atoms with van der Waals surface area (Å²) < 4.78 is 1.45. The molecular formula is C12H18N4O3. The van der Waals surface area contributed by atoms with Crippen molar-refractivity contribution in [3.8, 4) is 0 Å². The molecular weight excluding hydrogens is 248 g/mol. The van der Waals surface area contributed by atoms with Crippen LogP contribution in [-0.4, -0.2) is 49.2 Å². The number of aromatic nitrogens is 3. The number of amides is 1. The van der Waals surface area contributed by atoms with Gasteiger partial charge in [-0.05, 0) is 19.8 Å². The van der Waals surface area contributed by atoms with Gasteiger partial charge in [-0.25, -0.2) is 9.67 Å². The first-order chi connectivity index (χ1) is 9.09. The first-order valence-corrected chi connectivity index (χ1v) is 6.46. The van der Waals surface area contributed by atoms with Crippen molar-refractivity contribution in [2.45, 2.75) is 44.7 Å². The fourth-order valence-electron chi connectivity index (χ4n) is 2.52. The summed E-state index contributed by atoms with van der Waals surface area (Å²) >= 11 is 0. The number of carbonyl (C=O) groups excluding carboxylic acids is 1. The van der Waals surface area contributed by atoms with Crippen LogP contribution in [0.25, 0.3) is 0 Å². The van der Waals surface area contributed by atoms with Gasteiger partial charge in [0.15, 0.2) is 0 Å². The zero-order valence-electron chi connectivity index (χ0n) is 10.9. The van der Waals surface area contributed by atoms with E-state index < -0.39 is 12.0 Å². The standard InChI is InChI=1S/C12H18N4O3/c1-9(16-8-13-7-14-16)12(19)15(6-11(17)18)10-4-2-3-5-10/h7-10H,2-6H2,1H3,(H,17,18). The van der Waals surface area contributed by atoms with Gasteiger partial charge in [-0.2, -0.15) is 5.10 Å². The molecule has 1 aliphatic rings. The van der Waals surface area contributed by atoms with E-state index in [9.17, 15) is 9.59 Å². The number of carboxylic acid groups (broad SMARTS) is 1. The maximum atomic E-state index is 12.4. The normalized spacial score (nSPS) is 17.3. The van der Waals surface area contributed by atoms with E-state index in [4.69, 9.17) is 5.11 Å². The van der Waals surface area contributed by atoms with E-state index in [0.717, 1.165) is 25.7 Å². The van der Waals surface area contributed by atoms with Gasteiger partial charge in [0.2, 0.25) is 5.91 Å². The van der Waals surface area contributed by atoms with E-state index in [1.165, 1.54) is 22.2 Å². The van der Waals surface area contributed by atoms with Crippen LogP contribution in [0.15, 0.2) is 12.7 Å². The highest BCUT2D eigenvalue weighted by atomic mass is 16.4. The third kappa shape index (κ3) is 3.10. The Bertz CT molecular complexity index is 440. The maximum Gasteiger partial charge on any atom is 0.323 e. The average molecular weight is 266 g/mol. The zero-order valence-corrected chi connectivity index (χ0v) is 10.9. The fraction of sp³-hybridized carbons (Fsp3) is 0.667. The number of carboxylic acids is 1. The maximum absolute atomic E-state index is 12.4. The van der Waals surface area contributed by atoms with Gasteiger partial charge in [-0.15, -0.1) is 0 Å². The van der Waals surface area contributed by atoms with E-state index in [2.05, 4.69) is 10.1 Å². The van der Waals surface area contributed by atoms with Gasteiger partial charge in [0.1, 0.15) is 25.2 Å². The molecule has 1 atom stereocenters. The Kier molecular flexibility index (Phi) is 4.13. The Hall–Kier alpha value is -1.92. The minimum Gasteiger partial charge on any atom is -0.480 e. The predicted octanol–water partition coefficient (Wildman–Crippen LogP) is 0.695. The van der Waals surface area contributed by atoms with Crippen LogP contribution < -0.4 is 0 Å². The quantitative estimate of drug-likeness (QED) is 0.847. The average Bonchev–Trinajstić information content (AvgIpc) is 3.05. The topological polar surface area (TPSA) is 88.3 Å². The van der Waals surface area contributed by atoms with E-state index >= 15 is 0 Å². The van der Waals surface area contributed by atoms with Crippen LogP contribution in [0.2, 0.25) is 0 Å². The molecule has 0 radical (unpaired) electrons. The highest BCUT2D eigenvalue weighted by Gasteiger charge is 2.31. The largest absolute Gasteiger partial charge is 0.480 e. The third-order valence-corrected chi connectivity index (χ3v) is 3.54. The third-order valence-electron chi connectivity index (χ3n) is 3.54. The number of carbonyl (C=O) groups is 2. The predicted molar refractivity (Wildman–Crippen MR) is 66.3 cm³/mol. The molecule has 1 N–H and O–H groups in total. The molecule has 19 heavy (non-hydrogen) atoms. The highest BCUT2D eigenvalue weighted by Crippen LogP contribution is 2.25. The lowest BCUT2D eigenvalue weighted by Gasteiger charge is -2.29. The molecule has 104 valence electrons. The van der Waals surface area contributed by atoms with Gasteiger partial charge in [0, 0.05) is 6.04 Å². The van der Waals surface area contributed by atoms with E-state index in [1.807, 2.05) is 0 Å². The zero-order chi connectivity index (χ0) is 13.8. The van der Waals surface area contributed by atoms with Gasteiger partial charge in [0.05, 0.1) is 0 Å². The first kappa shape index (κ1) is 13.5. The second-order valence-corrected chi connectivity index (χ2v) is 4.85. The van der Waals surface area contributed by atoms with E-state index in [1.54, 1.807) is 6.92 Å². The molecule has 2 rings (SSSR count). The summed E-state index contributed by atoms with van der Waals surface area (Å²) in [7, 11) is 0. The lowest BCUT2D eigenvalue weighted by molar-refractivity contribution is -0.147. The summed E-state index contributed by atoms with van der Waals surface area (Å²) in [6, 6.07) is -0.489. The lowest BCUT2D eigenvalue weighted by Crippen LogP contribution is -2.45. The van der Waals surface area contributed by atoms with Crippen molar-refractivity contribution in [1.82, 2.24) is 19.7 Å². The molecule has 1 amide bonds. The highest BCUT2D eigenvalue weighted by molar-refractivity contribution is 5.84. The molecule has 0 aliphatic heterocycles. The van der Waals surface area contributed by atoms with Crippen molar-refractivity contribution in [2.75, 3.05) is 6.54 Å². The summed E-state index contributed by atoms with van der Waals surface area (Å²) in [6.45, 7) is 1.46. The number of hydrogen-bond acceptors (Lipinski definition) is 4. The smallest absolute Gasteiger partial charge is 0.323 e. The van der Waals surface area contributed by atoms with Crippen LogP contribution in [0.3, 0.4) is 0 Å². The van der Waals surface area contributed by atoms with Gasteiger partial charge in [0.25, 0.3) is 0 Å². The lowest BCUT2D eigenvalue weighted by atomic mass is 10.1. The van der Waals surface area contributed by atoms with Crippen LogP contribution in [0.4, 0.5) is 0 Å². The van der Waals surface area contributed by atoms with E-state index in [0.29, 0.717) is 0 Å². The summed E-state index contributed by atoms with van der Waals surface area (Å²) in [4.78, 5) is 28.7. The van der Waals surface area contributed by atoms with Crippen molar-refractivity contribution < 1.29 is 14.7 Å². The molecule has 1 saturated carbocycles. The second-order valence-electron chi connectivity index (χ2n) is 4.85. The van der Waals surface area contributed by atoms with Crippen LogP contribution >= 0.6 is 0 Å². The van der Waals surface area contributed by atoms with Crippen molar-refractivity contribution in [3.63, 3.8) is 0 Å². The minimum atomic E-state index is -0.981. The van der Waals surface area contributed by atoms with Crippen LogP contribution in [0.5, 0.6) is 0 Å². The molecule has 7 heteroatoms. The van der Waals surface area contributed by atoms with E-state index in [-0.39, 0.29) is 18.5 Å². The van der Waals surface area contributed by atoms with Crippen molar-refractivity contribution >= 4 is 11.9 Å². The minimum absolute atomic E-state index is 0.0366. The van der Waals surface area contributed by atoms with Crippen molar-refractivity contribution in [2.24, 2.45) is 0 Å². The van der Waals surface area contributed by atoms with Crippen molar-refractivity contribution in [3.05, 3.63) is 12.7 Å². The molecule has 1 unspecified atom stereocenters. The molecule has 1 fully saturated rings. The Morgan fingerprint density at radius 2 is 2.16 bits per heavy atom. The van der Waals surface area contributed by atoms with Crippen LogP contribution in [0, 0.1) is 0 Å². The Labute approximate surface area is 111 Å². The van der Waals surface area contributed by atoms with Crippen molar-refractivity contribution in [1.29, 1.82) is 0 Å². The monoisotopic (exact) mass is 266 g/mol. The first-order valence-electron chi connectivity index (χ1n) is 6.46. The second kappa shape index (κ2) is 5.81. The molecule has 7 nitrogen and oxygen atoms in total. The molecule has 1 aromatic rings. The van der Waals surface area contributed by atoms with Crippen LogP contribution in [-0.2, 0) is 9.59 Å². The molecule has 1 aliphatic carbocycles. The molecule has 1 heterocycles. The summed E-state index contributed by atoms with van der Waals surface area (Å²) in [5.41, 5.74) is 0. The number of hydrogen-bond donors (Lipinski definition) is 1. The van der Waals surface area contributed by atoms with Gasteiger partial charge < -0.3 is 10.0 Å². The fourth-order valence-corrected chi connectivity index (χ4v) is 2.52. The number of aliphatic carboxylic acids is 1. The molecule has 0 spiro atoms. The molecule has 1 aromatic heterocycles. The summed E-state index contributed by atoms with van der Waals surface area (Å²) in [5, 5.41) is 12.9. The van der Waals surface area contributed by atoms with Gasteiger partial charge in [-0.1, -0.05) is 12.8 Å². The Balaban J connectivity index is 2.12. The summed E-state index contributed by atoms with van der Waals surface area (Å²) in [6.07, 6.45) is 6.68. The summed E-state index contributed by atoms with van der Waals surface area (Å²) in [5.74, 6) is -1.19. The Morgan fingerprint density at radius 1 is 1.47 bits per heavy atom. The number of rotatable bonds is 5.